The summed E-state index contributed by atoms with van der Waals surface area (Å²) < 4.78 is 28.1. The van der Waals surface area contributed by atoms with Crippen LogP contribution in [0.4, 0.5) is 0 Å². The van der Waals surface area contributed by atoms with Crippen molar-refractivity contribution >= 4 is 56.4 Å². The molecule has 170 valence electrons. The van der Waals surface area contributed by atoms with Crippen molar-refractivity contribution in [3.63, 3.8) is 0 Å². The van der Waals surface area contributed by atoms with Gasteiger partial charge < -0.3 is 5.32 Å². The normalized spacial score (nSPS) is 11.1. The second kappa shape index (κ2) is 12.1. The number of nitrogens with zero attached hydrogens (tertiary/aromatic N) is 1. The van der Waals surface area contributed by atoms with Crippen LogP contribution in [0.5, 0.6) is 0 Å². The lowest BCUT2D eigenvalue weighted by molar-refractivity contribution is 0.575. The Morgan fingerprint density at radius 2 is 1.50 bits per heavy atom. The van der Waals surface area contributed by atoms with E-state index >= 15 is 0 Å². The molecule has 0 saturated heterocycles. The summed E-state index contributed by atoms with van der Waals surface area (Å²) in [5, 5.41) is 7.39. The second-order valence-electron chi connectivity index (χ2n) is 7.24. The summed E-state index contributed by atoms with van der Waals surface area (Å²) in [6.07, 6.45) is 5.27. The Morgan fingerprint density at radius 3 is 2.38 bits per heavy atom. The summed E-state index contributed by atoms with van der Waals surface area (Å²) in [5.41, 5.74) is 1.35. The number of hydrogen-bond acceptors (Lipinski definition) is 4. The van der Waals surface area contributed by atoms with Gasteiger partial charge in [-0.05, 0) is 47.9 Å². The van der Waals surface area contributed by atoms with Crippen molar-refractivity contribution in [1.29, 1.82) is 0 Å². The number of sulfonamides is 1. The molecule has 0 radical (unpaired) electrons. The molecule has 0 aliphatic rings. The van der Waals surface area contributed by atoms with Crippen LogP contribution in [-0.2, 0) is 16.4 Å². The SMILES string of the molecule is Cl.Cl.O=S(=O)(NCCNCCCc1cccc2ccccc12)c1cccc2cnccc12. The molecular formula is C24H27Cl2N3O2S. The average Bonchev–Trinajstić information content (AvgIpc) is 2.78. The molecule has 8 heteroatoms. The van der Waals surface area contributed by atoms with E-state index in [9.17, 15) is 8.42 Å². The van der Waals surface area contributed by atoms with Crippen LogP contribution < -0.4 is 10.0 Å². The van der Waals surface area contributed by atoms with Crippen molar-refractivity contribution in [3.8, 4) is 0 Å². The van der Waals surface area contributed by atoms with Gasteiger partial charge in [-0.3, -0.25) is 4.98 Å². The van der Waals surface area contributed by atoms with Gasteiger partial charge in [0.25, 0.3) is 0 Å². The fourth-order valence-electron chi connectivity index (χ4n) is 3.72. The van der Waals surface area contributed by atoms with Crippen LogP contribution in [-0.4, -0.2) is 33.0 Å². The van der Waals surface area contributed by atoms with Crippen molar-refractivity contribution in [3.05, 3.63) is 84.7 Å². The third-order valence-corrected chi connectivity index (χ3v) is 6.72. The molecule has 1 aromatic heterocycles. The van der Waals surface area contributed by atoms with Gasteiger partial charge in [0, 0.05) is 36.3 Å². The number of nitrogens with one attached hydrogen (secondary N) is 2. The van der Waals surface area contributed by atoms with Crippen LogP contribution in [0, 0.1) is 0 Å². The molecule has 0 amide bonds. The highest BCUT2D eigenvalue weighted by atomic mass is 35.5. The van der Waals surface area contributed by atoms with E-state index in [2.05, 4.69) is 57.5 Å². The molecule has 4 aromatic rings. The summed E-state index contributed by atoms with van der Waals surface area (Å²) in [4.78, 5) is 4.34. The zero-order valence-electron chi connectivity index (χ0n) is 17.5. The fraction of sp³-hybridized carbons (Fsp3) is 0.208. The van der Waals surface area contributed by atoms with Crippen molar-refractivity contribution in [2.75, 3.05) is 19.6 Å². The summed E-state index contributed by atoms with van der Waals surface area (Å²) in [7, 11) is -3.56. The number of halogens is 2. The maximum Gasteiger partial charge on any atom is 0.241 e. The Kier molecular flexibility index (Phi) is 9.87. The maximum absolute atomic E-state index is 12.7. The van der Waals surface area contributed by atoms with Gasteiger partial charge in [0.05, 0.1) is 4.90 Å². The highest BCUT2D eigenvalue weighted by Gasteiger charge is 2.16. The smallest absolute Gasteiger partial charge is 0.241 e. The van der Waals surface area contributed by atoms with Crippen molar-refractivity contribution in [2.24, 2.45) is 0 Å². The third kappa shape index (κ3) is 6.18. The monoisotopic (exact) mass is 491 g/mol. The first-order valence-corrected chi connectivity index (χ1v) is 11.6. The molecule has 3 aromatic carbocycles. The molecule has 0 aliphatic carbocycles. The van der Waals surface area contributed by atoms with E-state index in [0.717, 1.165) is 24.8 Å². The molecule has 0 unspecified atom stereocenters. The molecular weight excluding hydrogens is 465 g/mol. The lowest BCUT2D eigenvalue weighted by Crippen LogP contribution is -2.32. The van der Waals surface area contributed by atoms with E-state index in [1.54, 1.807) is 30.6 Å². The van der Waals surface area contributed by atoms with Gasteiger partial charge in [-0.25, -0.2) is 13.1 Å². The number of aromatic nitrogens is 1. The largest absolute Gasteiger partial charge is 0.315 e. The van der Waals surface area contributed by atoms with Gasteiger partial charge in [-0.2, -0.15) is 0 Å². The predicted molar refractivity (Wildman–Crippen MR) is 137 cm³/mol. The Bertz CT molecular complexity index is 1260. The number of aryl methyl sites for hydroxylation is 1. The number of benzene rings is 3. The topological polar surface area (TPSA) is 71.1 Å². The number of pyridine rings is 1. The zero-order valence-corrected chi connectivity index (χ0v) is 20.0. The van der Waals surface area contributed by atoms with Crippen LogP contribution in [0.25, 0.3) is 21.5 Å². The van der Waals surface area contributed by atoms with E-state index < -0.39 is 10.0 Å². The Labute approximate surface area is 201 Å². The highest BCUT2D eigenvalue weighted by molar-refractivity contribution is 7.89. The molecule has 2 N–H and O–H groups in total. The highest BCUT2D eigenvalue weighted by Crippen LogP contribution is 2.22. The van der Waals surface area contributed by atoms with Gasteiger partial charge in [-0.1, -0.05) is 54.6 Å². The van der Waals surface area contributed by atoms with Crippen LogP contribution in [0.2, 0.25) is 0 Å². The van der Waals surface area contributed by atoms with E-state index in [0.29, 0.717) is 23.4 Å². The van der Waals surface area contributed by atoms with Gasteiger partial charge in [0.1, 0.15) is 0 Å². The third-order valence-electron chi connectivity index (χ3n) is 5.20. The van der Waals surface area contributed by atoms with Crippen molar-refractivity contribution in [1.82, 2.24) is 15.0 Å². The van der Waals surface area contributed by atoms with Gasteiger partial charge in [0.15, 0.2) is 0 Å². The molecule has 0 bridgehead atoms. The lowest BCUT2D eigenvalue weighted by Gasteiger charge is -2.10. The minimum atomic E-state index is -3.56. The first-order valence-electron chi connectivity index (χ1n) is 10.1. The maximum atomic E-state index is 12.7. The molecule has 5 nitrogen and oxygen atoms in total. The van der Waals surface area contributed by atoms with Crippen LogP contribution >= 0.6 is 24.8 Å². The quantitative estimate of drug-likeness (QED) is 0.332. The average molecular weight is 492 g/mol. The molecule has 0 saturated carbocycles. The van der Waals surface area contributed by atoms with Gasteiger partial charge in [-0.15, -0.1) is 24.8 Å². The minimum Gasteiger partial charge on any atom is -0.315 e. The molecule has 0 fully saturated rings. The van der Waals surface area contributed by atoms with Gasteiger partial charge in [0.2, 0.25) is 10.0 Å². The summed E-state index contributed by atoms with van der Waals surface area (Å²) in [6, 6.07) is 21.8. The number of fused-ring (bicyclic) bond motifs is 2. The Hall–Kier alpha value is -2.22. The van der Waals surface area contributed by atoms with Crippen LogP contribution in [0.3, 0.4) is 0 Å². The van der Waals surface area contributed by atoms with E-state index in [1.807, 2.05) is 6.07 Å². The lowest BCUT2D eigenvalue weighted by atomic mass is 10.0. The van der Waals surface area contributed by atoms with E-state index in [-0.39, 0.29) is 24.8 Å². The van der Waals surface area contributed by atoms with Crippen LogP contribution in [0.15, 0.2) is 84.0 Å². The second-order valence-corrected chi connectivity index (χ2v) is 8.98. The van der Waals surface area contributed by atoms with E-state index in [1.165, 1.54) is 16.3 Å². The molecule has 4 rings (SSSR count). The van der Waals surface area contributed by atoms with E-state index in [4.69, 9.17) is 0 Å². The molecule has 0 atom stereocenters. The minimum absolute atomic E-state index is 0. The summed E-state index contributed by atoms with van der Waals surface area (Å²) in [5.74, 6) is 0. The van der Waals surface area contributed by atoms with Crippen molar-refractivity contribution in [2.45, 2.75) is 17.7 Å². The molecule has 0 spiro atoms. The number of rotatable bonds is 9. The predicted octanol–water partition coefficient (Wildman–Crippen LogP) is 4.73. The summed E-state index contributed by atoms with van der Waals surface area (Å²) >= 11 is 0. The standard InChI is InChI=1S/C24H25N3O2S.2ClH/c28-30(29,24-12-4-9-21-18-26-15-13-23(21)24)27-17-16-25-14-5-10-20-8-3-7-19-6-1-2-11-22(19)20;;/h1-4,6-9,11-13,15,18,25,27H,5,10,14,16-17H2;2*1H. The fourth-order valence-corrected chi connectivity index (χ4v) is 4.98. The molecule has 0 aliphatic heterocycles. The first kappa shape index (κ1) is 26.0. The molecule has 1 heterocycles. The van der Waals surface area contributed by atoms with Gasteiger partial charge >= 0.3 is 0 Å². The number of hydrogen-bond donors (Lipinski definition) is 2. The zero-order chi connectivity index (χ0) is 20.8. The van der Waals surface area contributed by atoms with Crippen LogP contribution in [0.1, 0.15) is 12.0 Å². The summed E-state index contributed by atoms with van der Waals surface area (Å²) in [6.45, 7) is 1.77. The Morgan fingerprint density at radius 1 is 0.750 bits per heavy atom. The Balaban J connectivity index is 0.00000181. The van der Waals surface area contributed by atoms with Crippen molar-refractivity contribution < 1.29 is 8.42 Å². The molecule has 32 heavy (non-hydrogen) atoms. The first-order chi connectivity index (χ1) is 14.6.